The van der Waals surface area contributed by atoms with E-state index < -0.39 is 132 Å². The largest absolute Gasteiger partial charge is 0.459 e. The van der Waals surface area contributed by atoms with Gasteiger partial charge in [-0.05, 0) is 101 Å². The van der Waals surface area contributed by atoms with Crippen LogP contribution in [0, 0.1) is 28.6 Å². The Balaban J connectivity index is 0.853. The minimum Gasteiger partial charge on any atom is -0.459 e. The Morgan fingerprint density at radius 3 is 1.52 bits per heavy atom. The number of hydrogen-bond donors (Lipinski definition) is 12. The van der Waals surface area contributed by atoms with Crippen molar-refractivity contribution in [2.24, 2.45) is 28.6 Å². The molecule has 8 rings (SSSR count). The minimum absolute atomic E-state index is 0.0402. The normalized spacial score (nSPS) is 31.6. The van der Waals surface area contributed by atoms with Crippen molar-refractivity contribution in [2.45, 2.75) is 279 Å². The van der Waals surface area contributed by atoms with Crippen LogP contribution in [0.1, 0.15) is 189 Å². The Morgan fingerprint density at radius 2 is 1.06 bits per heavy atom. The number of esters is 2. The molecule has 18 atom stereocenters. The van der Waals surface area contributed by atoms with Crippen LogP contribution in [0.2, 0.25) is 0 Å². The molecule has 108 heavy (non-hydrogen) atoms. The van der Waals surface area contributed by atoms with Gasteiger partial charge in [0, 0.05) is 134 Å². The third-order valence-corrected chi connectivity index (χ3v) is 23.7. The first-order valence-electron chi connectivity index (χ1n) is 39.5. The molecule has 5 heterocycles. The third kappa shape index (κ3) is 22.4. The number of fused-ring (bicyclic) bond motifs is 4. The van der Waals surface area contributed by atoms with Gasteiger partial charge in [0.25, 0.3) is 0 Å². The highest BCUT2D eigenvalue weighted by atomic mass is 16.7. The molecule has 6 fully saturated rings. The number of ether oxygens (including phenoxy) is 12. The van der Waals surface area contributed by atoms with Gasteiger partial charge in [-0.25, -0.2) is 4.79 Å². The zero-order chi connectivity index (χ0) is 78.2. The number of aliphatic hydroxyl groups is 6. The Bertz CT molecular complexity index is 2880. The van der Waals surface area contributed by atoms with Crippen LogP contribution in [0.15, 0.2) is 11.1 Å². The molecule has 0 aromatic rings. The second kappa shape index (κ2) is 42.1. The van der Waals surface area contributed by atoms with E-state index in [-0.39, 0.29) is 158 Å². The van der Waals surface area contributed by atoms with Crippen LogP contribution in [0.3, 0.4) is 0 Å². The van der Waals surface area contributed by atoms with Crippen LogP contribution in [-0.2, 0) is 95.2 Å². The van der Waals surface area contributed by atoms with E-state index >= 15 is 0 Å². The molecule has 32 heteroatoms. The summed E-state index contributed by atoms with van der Waals surface area (Å²) in [5.74, 6) is -2.71. The van der Waals surface area contributed by atoms with E-state index in [0.29, 0.717) is 71.4 Å². The van der Waals surface area contributed by atoms with E-state index in [1.54, 1.807) is 7.11 Å². The number of rotatable bonds is 51. The molecular formula is C76H126N6O26. The van der Waals surface area contributed by atoms with Crippen molar-refractivity contribution in [3.63, 3.8) is 0 Å². The summed E-state index contributed by atoms with van der Waals surface area (Å²) in [5, 5.41) is 78.2. The molecule has 8 aliphatic rings. The molecule has 1 unspecified atom stereocenters. The molecule has 32 nitrogen and oxygen atoms in total. The van der Waals surface area contributed by atoms with Gasteiger partial charge in [-0.2, -0.15) is 0 Å². The molecular weight excluding hydrogens is 1410 g/mol. The second-order valence-electron chi connectivity index (χ2n) is 31.2. The molecule has 6 amide bonds. The minimum atomic E-state index is -1.42. The number of aliphatic hydroxyl groups excluding tert-OH is 6. The smallest absolute Gasteiger partial charge is 0.334 e. The summed E-state index contributed by atoms with van der Waals surface area (Å²) in [4.78, 5) is 105. The van der Waals surface area contributed by atoms with E-state index in [9.17, 15) is 69.0 Å². The molecule has 5 aliphatic heterocycles. The highest BCUT2D eigenvalue weighted by Crippen LogP contribution is 2.82. The number of carbonyl (C=O) groups excluding carboxylic acids is 8. The number of epoxide rings is 1. The first kappa shape index (κ1) is 88.4. The third-order valence-electron chi connectivity index (χ3n) is 23.7. The number of amides is 6. The molecule has 4 saturated heterocycles. The first-order valence-corrected chi connectivity index (χ1v) is 39.5. The molecule has 0 aromatic heterocycles. The molecule has 12 N–H and O–H groups in total. The van der Waals surface area contributed by atoms with Gasteiger partial charge >= 0.3 is 11.9 Å². The zero-order valence-electron chi connectivity index (χ0n) is 64.6. The summed E-state index contributed by atoms with van der Waals surface area (Å²) in [6.07, 6.45) is 0.679. The predicted octanol–water partition coefficient (Wildman–Crippen LogP) is 1.39. The van der Waals surface area contributed by atoms with Gasteiger partial charge < -0.3 is 119 Å². The molecule has 0 bridgehead atoms. The Hall–Kier alpha value is -5.14. The van der Waals surface area contributed by atoms with E-state index in [2.05, 4.69) is 52.7 Å². The molecule has 0 aromatic carbocycles. The van der Waals surface area contributed by atoms with Crippen molar-refractivity contribution in [3.8, 4) is 0 Å². The second-order valence-corrected chi connectivity index (χ2v) is 31.2. The molecule has 1 spiro atoms. The number of hydrogen-bond acceptors (Lipinski definition) is 26. The van der Waals surface area contributed by atoms with Gasteiger partial charge in [0.15, 0.2) is 12.6 Å². The van der Waals surface area contributed by atoms with Gasteiger partial charge in [-0.1, -0.05) is 59.3 Å². The first-order chi connectivity index (χ1) is 51.8. The van der Waals surface area contributed by atoms with Crippen molar-refractivity contribution in [2.75, 3.05) is 113 Å². The lowest BCUT2D eigenvalue weighted by Gasteiger charge is -2.61. The Labute approximate surface area is 634 Å². The van der Waals surface area contributed by atoms with Crippen LogP contribution in [0.5, 0.6) is 0 Å². The maximum absolute atomic E-state index is 14.6. The van der Waals surface area contributed by atoms with Crippen LogP contribution >= 0.6 is 0 Å². The predicted molar refractivity (Wildman–Crippen MR) is 385 cm³/mol. The van der Waals surface area contributed by atoms with Crippen LogP contribution in [-0.4, -0.2) is 281 Å². The van der Waals surface area contributed by atoms with E-state index in [1.807, 2.05) is 6.92 Å². The van der Waals surface area contributed by atoms with Crippen molar-refractivity contribution in [1.29, 1.82) is 0 Å². The van der Waals surface area contributed by atoms with Crippen molar-refractivity contribution in [1.82, 2.24) is 31.9 Å². The van der Waals surface area contributed by atoms with Gasteiger partial charge in [-0.15, -0.1) is 0 Å². The average Bonchev–Trinajstić information content (AvgIpc) is 1.44. The van der Waals surface area contributed by atoms with Crippen LogP contribution in [0.4, 0.5) is 0 Å². The number of carbonyl (C=O) groups is 8. The monoisotopic (exact) mass is 1540 g/mol. The molecule has 3 aliphatic carbocycles. The lowest BCUT2D eigenvalue weighted by Crippen LogP contribution is -2.73. The maximum atomic E-state index is 14.6. The fraction of sp³-hybridized carbons (Fsp3) is 0.868. The summed E-state index contributed by atoms with van der Waals surface area (Å²) >= 11 is 0. The molecule has 2 saturated carbocycles. The molecule has 616 valence electrons. The standard InChI is InChI=1S/C76H126N6O26/c1-47(2)75-42-52(75)67-76(108-67)72(5)26-22-50-51(45-103-68(50)96)53(72)46-104-73(76,6)71(75)107-60(91)21-20-59(90)82-74(27-39-98-36-23-56(87)77-30-14-8-11-17-33-97-7,28-40-99-37-24-57(88)78-31-15-9-12-18-34-101-69-61(80-48(3)85)65(94)63(92)54(43-83)105-69)29-41-100-38-25-58(89)79-32-16-10-13-19-35-102-70-62(81-49(4)86)66(95)64(93)55(44-84)106-70/h47,52-55,61-67,69-71,83-84,92-95H,8-46H2,1-7H3,(H,77,87)(H,78,88)(H,79,89)(H,80,85)(H,81,86)(H,82,90)/t52-,53?,54+,55+,61+,62+,63-,64-,65+,66+,67-,69+,70+,71-,72-,73+,75+,76+/m0/s1. The lowest BCUT2D eigenvalue weighted by molar-refractivity contribution is -0.270. The summed E-state index contributed by atoms with van der Waals surface area (Å²) in [7, 11) is 1.67. The van der Waals surface area contributed by atoms with Crippen molar-refractivity contribution >= 4 is 47.4 Å². The van der Waals surface area contributed by atoms with Crippen LogP contribution in [0.25, 0.3) is 0 Å². The Morgan fingerprint density at radius 1 is 0.593 bits per heavy atom. The van der Waals surface area contributed by atoms with Crippen molar-refractivity contribution in [3.05, 3.63) is 11.1 Å². The summed E-state index contributed by atoms with van der Waals surface area (Å²) in [6, 6.07) is -2.08. The average molecular weight is 1540 g/mol. The highest BCUT2D eigenvalue weighted by Gasteiger charge is 2.93. The highest BCUT2D eigenvalue weighted by molar-refractivity contribution is 5.92. The number of unbranched alkanes of at least 4 members (excludes halogenated alkanes) is 9. The zero-order valence-corrected chi connectivity index (χ0v) is 64.6. The topological polar surface area (TPSA) is 444 Å². The summed E-state index contributed by atoms with van der Waals surface area (Å²) in [6.45, 7) is 13.4. The van der Waals surface area contributed by atoms with Gasteiger partial charge in [0.05, 0.1) is 52.2 Å². The van der Waals surface area contributed by atoms with Gasteiger partial charge in [-0.3, -0.25) is 33.6 Å². The SMILES string of the molecule is COCCCCCCNC(=O)CCOCCC(CCOCCC(=O)NCCCCCCO[C@@H]1O[C@H](CO)[C@H](O)[C@H](O)[C@H]1NC(C)=O)(CCOCCC(=O)NCCCCCCO[C@@H]1O[C@H](CO)[C@H](O)[C@H](O)[C@H]1NC(C)=O)NC(=O)CCC(=O)O[C@@H]1[C@@]2(C(C)C)C[C@H]2[C@@H]2O[C@@]23[C@@]2(C)CCC4=C(COC4=O)C2CO[C@]13C. The summed E-state index contributed by atoms with van der Waals surface area (Å²) < 4.78 is 72.7. The van der Waals surface area contributed by atoms with E-state index in [1.165, 1.54) is 13.8 Å². The van der Waals surface area contributed by atoms with Crippen LogP contribution < -0.4 is 31.9 Å². The number of cyclic esters (lactones) is 1. The fourth-order valence-corrected chi connectivity index (χ4v) is 17.4. The van der Waals surface area contributed by atoms with E-state index in [0.717, 1.165) is 68.9 Å². The van der Waals surface area contributed by atoms with E-state index in [4.69, 9.17) is 56.8 Å². The van der Waals surface area contributed by atoms with Gasteiger partial charge in [0.2, 0.25) is 35.4 Å². The Kier molecular flexibility index (Phi) is 34.5. The maximum Gasteiger partial charge on any atom is 0.334 e. The summed E-state index contributed by atoms with van der Waals surface area (Å²) in [5.41, 5.74) is -2.08. The molecule has 0 radical (unpaired) electrons. The fourth-order valence-electron chi connectivity index (χ4n) is 17.4. The number of nitrogens with one attached hydrogen (secondary N) is 6. The number of methoxy groups -OCH3 is 1. The van der Waals surface area contributed by atoms with Gasteiger partial charge in [0.1, 0.15) is 72.6 Å². The lowest BCUT2D eigenvalue weighted by atomic mass is 9.49. The quantitative estimate of drug-likeness (QED) is 0.0233. The van der Waals surface area contributed by atoms with Crippen molar-refractivity contribution < 1.29 is 126 Å².